The highest BCUT2D eigenvalue weighted by Crippen LogP contribution is 2.27. The highest BCUT2D eigenvalue weighted by atomic mass is 14.1. The van der Waals surface area contributed by atoms with Crippen LogP contribution in [0.15, 0.2) is 60.7 Å². The van der Waals surface area contributed by atoms with E-state index in [1.807, 2.05) is 12.1 Å². The Balaban J connectivity index is 2.20. The summed E-state index contributed by atoms with van der Waals surface area (Å²) in [6.07, 6.45) is 7.25. The van der Waals surface area contributed by atoms with E-state index in [0.29, 0.717) is 0 Å². The molecule has 0 saturated heterocycles. The Labute approximate surface area is 78.9 Å². The monoisotopic (exact) mass is 168 g/mol. The maximum absolute atomic E-state index is 3.77. The normalized spacial score (nSPS) is 15.1. The third kappa shape index (κ3) is 1.62. The van der Waals surface area contributed by atoms with Crippen molar-refractivity contribution in [2.45, 2.75) is 6.42 Å². The van der Waals surface area contributed by atoms with Gasteiger partial charge in [-0.05, 0) is 23.1 Å². The van der Waals surface area contributed by atoms with Crippen LogP contribution >= 0.6 is 0 Å². The number of benzene rings is 1. The minimum Gasteiger partial charge on any atom is -0.0988 e. The molecule has 0 aromatic heterocycles. The van der Waals surface area contributed by atoms with E-state index in [0.717, 1.165) is 6.42 Å². The molecule has 0 N–H and O–H groups in total. The van der Waals surface area contributed by atoms with E-state index in [1.165, 1.54) is 16.7 Å². The fourth-order valence-electron chi connectivity index (χ4n) is 1.54. The quantitative estimate of drug-likeness (QED) is 0.633. The molecule has 0 amide bonds. The SMILES string of the molecule is C=CC1=CC=C(c2ccccc2)C1. The second kappa shape index (κ2) is 3.44. The molecule has 1 aliphatic carbocycles. The first-order chi connectivity index (χ1) is 6.40. The van der Waals surface area contributed by atoms with Gasteiger partial charge in [0.2, 0.25) is 0 Å². The van der Waals surface area contributed by atoms with Crippen molar-refractivity contribution >= 4 is 5.57 Å². The molecule has 13 heavy (non-hydrogen) atoms. The Hall–Kier alpha value is -1.56. The molecule has 0 nitrogen and oxygen atoms in total. The molecular weight excluding hydrogens is 156 g/mol. The van der Waals surface area contributed by atoms with Crippen LogP contribution in [0.25, 0.3) is 5.57 Å². The molecular formula is C13H12. The summed E-state index contributed by atoms with van der Waals surface area (Å²) in [4.78, 5) is 0. The number of allylic oxidation sites excluding steroid dienone is 5. The van der Waals surface area contributed by atoms with Gasteiger partial charge in [0.15, 0.2) is 0 Å². The second-order valence-electron chi connectivity index (χ2n) is 3.18. The number of hydrogen-bond acceptors (Lipinski definition) is 0. The Bertz CT molecular complexity index is 366. The van der Waals surface area contributed by atoms with Crippen molar-refractivity contribution < 1.29 is 0 Å². The Kier molecular flexibility index (Phi) is 2.13. The molecule has 0 aliphatic heterocycles. The largest absolute Gasteiger partial charge is 0.0988 e. The summed E-state index contributed by atoms with van der Waals surface area (Å²) >= 11 is 0. The molecule has 0 unspecified atom stereocenters. The van der Waals surface area contributed by atoms with E-state index >= 15 is 0 Å². The van der Waals surface area contributed by atoms with Crippen LogP contribution in [0.5, 0.6) is 0 Å². The first-order valence-electron chi connectivity index (χ1n) is 4.48. The lowest BCUT2D eigenvalue weighted by Gasteiger charge is -2.01. The molecule has 0 bridgehead atoms. The molecule has 0 spiro atoms. The zero-order valence-electron chi connectivity index (χ0n) is 7.53. The van der Waals surface area contributed by atoms with Gasteiger partial charge in [-0.15, -0.1) is 0 Å². The lowest BCUT2D eigenvalue weighted by molar-refractivity contribution is 1.34. The summed E-state index contributed by atoms with van der Waals surface area (Å²) in [5.41, 5.74) is 4.00. The molecule has 0 radical (unpaired) electrons. The maximum atomic E-state index is 3.77. The molecule has 1 aromatic carbocycles. The average molecular weight is 168 g/mol. The number of hydrogen-bond donors (Lipinski definition) is 0. The van der Waals surface area contributed by atoms with Gasteiger partial charge in [-0.1, -0.05) is 55.1 Å². The smallest absolute Gasteiger partial charge is 0.00200 e. The topological polar surface area (TPSA) is 0 Å². The van der Waals surface area contributed by atoms with Crippen molar-refractivity contribution in [3.63, 3.8) is 0 Å². The molecule has 0 saturated carbocycles. The van der Waals surface area contributed by atoms with Gasteiger partial charge >= 0.3 is 0 Å². The highest BCUT2D eigenvalue weighted by molar-refractivity contribution is 5.73. The van der Waals surface area contributed by atoms with Gasteiger partial charge in [-0.2, -0.15) is 0 Å². The van der Waals surface area contributed by atoms with Crippen LogP contribution < -0.4 is 0 Å². The summed E-state index contributed by atoms with van der Waals surface area (Å²) < 4.78 is 0. The van der Waals surface area contributed by atoms with Gasteiger partial charge in [-0.3, -0.25) is 0 Å². The minimum atomic E-state index is 1.02. The summed E-state index contributed by atoms with van der Waals surface area (Å²) in [5.74, 6) is 0. The molecule has 64 valence electrons. The van der Waals surface area contributed by atoms with Crippen LogP contribution in [0.2, 0.25) is 0 Å². The summed E-state index contributed by atoms with van der Waals surface area (Å²) in [6.45, 7) is 3.77. The van der Waals surface area contributed by atoms with Crippen molar-refractivity contribution in [2.75, 3.05) is 0 Å². The summed E-state index contributed by atoms with van der Waals surface area (Å²) in [5, 5.41) is 0. The fraction of sp³-hybridized carbons (Fsp3) is 0.0769. The molecule has 0 fully saturated rings. The van der Waals surface area contributed by atoms with Crippen molar-refractivity contribution in [3.05, 3.63) is 66.3 Å². The van der Waals surface area contributed by atoms with E-state index in [9.17, 15) is 0 Å². The van der Waals surface area contributed by atoms with Gasteiger partial charge in [0.05, 0.1) is 0 Å². The van der Waals surface area contributed by atoms with E-state index in [1.54, 1.807) is 0 Å². The van der Waals surface area contributed by atoms with Crippen LogP contribution in [0, 0.1) is 0 Å². The zero-order chi connectivity index (χ0) is 9.10. The predicted octanol–water partition coefficient (Wildman–Crippen LogP) is 3.59. The van der Waals surface area contributed by atoms with Crippen molar-refractivity contribution in [3.8, 4) is 0 Å². The van der Waals surface area contributed by atoms with Gasteiger partial charge in [-0.25, -0.2) is 0 Å². The predicted molar refractivity (Wildman–Crippen MR) is 57.3 cm³/mol. The Morgan fingerprint density at radius 2 is 1.85 bits per heavy atom. The first-order valence-corrected chi connectivity index (χ1v) is 4.48. The van der Waals surface area contributed by atoms with Crippen LogP contribution in [0.4, 0.5) is 0 Å². The van der Waals surface area contributed by atoms with Crippen LogP contribution in [-0.4, -0.2) is 0 Å². The third-order valence-corrected chi connectivity index (χ3v) is 2.30. The van der Waals surface area contributed by atoms with Crippen LogP contribution in [0.3, 0.4) is 0 Å². The van der Waals surface area contributed by atoms with Gasteiger partial charge < -0.3 is 0 Å². The molecule has 0 atom stereocenters. The Morgan fingerprint density at radius 3 is 2.46 bits per heavy atom. The minimum absolute atomic E-state index is 1.02. The first kappa shape index (κ1) is 8.06. The van der Waals surface area contributed by atoms with Crippen LogP contribution in [0.1, 0.15) is 12.0 Å². The zero-order valence-corrected chi connectivity index (χ0v) is 7.53. The van der Waals surface area contributed by atoms with Crippen molar-refractivity contribution in [2.24, 2.45) is 0 Å². The third-order valence-electron chi connectivity index (χ3n) is 2.30. The molecule has 2 rings (SSSR count). The lowest BCUT2D eigenvalue weighted by Crippen LogP contribution is -1.80. The summed E-state index contributed by atoms with van der Waals surface area (Å²) in [6, 6.07) is 10.5. The van der Waals surface area contributed by atoms with Gasteiger partial charge in [0, 0.05) is 0 Å². The number of rotatable bonds is 2. The average Bonchev–Trinajstić information content (AvgIpc) is 2.67. The second-order valence-corrected chi connectivity index (χ2v) is 3.18. The summed E-state index contributed by atoms with van der Waals surface area (Å²) in [7, 11) is 0. The highest BCUT2D eigenvalue weighted by Gasteiger charge is 2.06. The van der Waals surface area contributed by atoms with Gasteiger partial charge in [0.1, 0.15) is 0 Å². The van der Waals surface area contributed by atoms with Gasteiger partial charge in [0.25, 0.3) is 0 Å². The van der Waals surface area contributed by atoms with E-state index in [4.69, 9.17) is 0 Å². The maximum Gasteiger partial charge on any atom is -0.00200 e. The molecule has 1 aliphatic rings. The van der Waals surface area contributed by atoms with E-state index in [2.05, 4.69) is 43.0 Å². The van der Waals surface area contributed by atoms with Crippen molar-refractivity contribution in [1.82, 2.24) is 0 Å². The molecule has 0 heterocycles. The van der Waals surface area contributed by atoms with Crippen molar-refractivity contribution in [1.29, 1.82) is 0 Å². The lowest BCUT2D eigenvalue weighted by atomic mass is 10.0. The Morgan fingerprint density at radius 1 is 1.08 bits per heavy atom. The van der Waals surface area contributed by atoms with E-state index in [-0.39, 0.29) is 0 Å². The van der Waals surface area contributed by atoms with Crippen LogP contribution in [-0.2, 0) is 0 Å². The molecule has 0 heteroatoms. The van der Waals surface area contributed by atoms with E-state index < -0.39 is 0 Å². The molecule has 1 aromatic rings. The fourth-order valence-corrected chi connectivity index (χ4v) is 1.54. The standard InChI is InChI=1S/C13H12/c1-2-11-8-9-13(10-11)12-6-4-3-5-7-12/h2-9H,1,10H2.